The molecular formula is C10H9FO3. The van der Waals surface area contributed by atoms with Crippen LogP contribution in [-0.2, 0) is 0 Å². The fourth-order valence-corrected chi connectivity index (χ4v) is 1.13. The standard InChI is InChI=1S/C10H9FO3/c1-6(13)8-4-9(11)10(14-2)3-7(8)5-12/h3-5H,1-2H3. The van der Waals surface area contributed by atoms with Crippen LogP contribution in [0, 0.1) is 5.82 Å². The van der Waals surface area contributed by atoms with Gasteiger partial charge < -0.3 is 4.74 Å². The van der Waals surface area contributed by atoms with E-state index in [9.17, 15) is 14.0 Å². The molecule has 0 saturated heterocycles. The summed E-state index contributed by atoms with van der Waals surface area (Å²) in [6.45, 7) is 1.27. The molecule has 0 unspecified atom stereocenters. The van der Waals surface area contributed by atoms with E-state index in [-0.39, 0.29) is 22.7 Å². The zero-order valence-corrected chi connectivity index (χ0v) is 7.83. The van der Waals surface area contributed by atoms with E-state index in [0.29, 0.717) is 6.29 Å². The van der Waals surface area contributed by atoms with Crippen LogP contribution in [0.25, 0.3) is 0 Å². The number of methoxy groups -OCH3 is 1. The molecule has 3 nitrogen and oxygen atoms in total. The minimum absolute atomic E-state index is 0.0444. The first-order valence-electron chi connectivity index (χ1n) is 3.93. The Morgan fingerprint density at radius 3 is 2.57 bits per heavy atom. The minimum Gasteiger partial charge on any atom is -0.494 e. The second kappa shape index (κ2) is 4.00. The van der Waals surface area contributed by atoms with Crippen LogP contribution in [0.5, 0.6) is 5.75 Å². The van der Waals surface area contributed by atoms with Crippen molar-refractivity contribution >= 4 is 12.1 Å². The SMILES string of the molecule is COc1cc(C=O)c(C(C)=O)cc1F. The van der Waals surface area contributed by atoms with Crippen molar-refractivity contribution in [3.63, 3.8) is 0 Å². The topological polar surface area (TPSA) is 43.4 Å². The maximum absolute atomic E-state index is 13.1. The molecule has 0 aliphatic rings. The molecule has 1 aromatic carbocycles. The lowest BCUT2D eigenvalue weighted by molar-refractivity contribution is 0.100. The summed E-state index contributed by atoms with van der Waals surface area (Å²) in [6, 6.07) is 2.21. The van der Waals surface area contributed by atoms with Crippen molar-refractivity contribution in [3.8, 4) is 5.75 Å². The van der Waals surface area contributed by atoms with E-state index in [4.69, 9.17) is 0 Å². The maximum atomic E-state index is 13.1. The predicted molar refractivity (Wildman–Crippen MR) is 48.3 cm³/mol. The highest BCUT2D eigenvalue weighted by molar-refractivity contribution is 6.01. The highest BCUT2D eigenvalue weighted by Gasteiger charge is 2.12. The summed E-state index contributed by atoms with van der Waals surface area (Å²) < 4.78 is 17.8. The van der Waals surface area contributed by atoms with Gasteiger partial charge in [-0.25, -0.2) is 4.39 Å². The molecule has 74 valence electrons. The van der Waals surface area contributed by atoms with Crippen molar-refractivity contribution in [2.75, 3.05) is 7.11 Å². The Bertz CT molecular complexity index is 385. The van der Waals surface area contributed by atoms with E-state index in [1.165, 1.54) is 20.1 Å². The summed E-state index contributed by atoms with van der Waals surface area (Å²) in [5, 5.41) is 0. The van der Waals surface area contributed by atoms with Gasteiger partial charge in [0.1, 0.15) is 0 Å². The maximum Gasteiger partial charge on any atom is 0.165 e. The Hall–Kier alpha value is -1.71. The van der Waals surface area contributed by atoms with Gasteiger partial charge in [0.2, 0.25) is 0 Å². The van der Waals surface area contributed by atoms with Gasteiger partial charge in [0.05, 0.1) is 7.11 Å². The van der Waals surface area contributed by atoms with E-state index in [1.807, 2.05) is 0 Å². The second-order valence-corrected chi connectivity index (χ2v) is 2.75. The van der Waals surface area contributed by atoms with Gasteiger partial charge in [-0.1, -0.05) is 0 Å². The highest BCUT2D eigenvalue weighted by Crippen LogP contribution is 2.21. The second-order valence-electron chi connectivity index (χ2n) is 2.75. The average Bonchev–Trinajstić information content (AvgIpc) is 2.17. The molecule has 0 fully saturated rings. The summed E-state index contributed by atoms with van der Waals surface area (Å²) >= 11 is 0. The van der Waals surface area contributed by atoms with Crippen LogP contribution in [0.2, 0.25) is 0 Å². The summed E-state index contributed by atoms with van der Waals surface area (Å²) in [4.78, 5) is 21.6. The first-order valence-corrected chi connectivity index (χ1v) is 3.93. The number of ketones is 1. The van der Waals surface area contributed by atoms with Gasteiger partial charge in [-0.2, -0.15) is 0 Å². The monoisotopic (exact) mass is 196 g/mol. The van der Waals surface area contributed by atoms with Gasteiger partial charge in [0, 0.05) is 11.1 Å². The Morgan fingerprint density at radius 1 is 1.50 bits per heavy atom. The lowest BCUT2D eigenvalue weighted by atomic mass is 10.0. The van der Waals surface area contributed by atoms with Crippen molar-refractivity contribution in [3.05, 3.63) is 29.1 Å². The Labute approximate surface area is 80.5 Å². The molecule has 0 atom stereocenters. The summed E-state index contributed by atoms with van der Waals surface area (Å²) in [7, 11) is 1.29. The number of carbonyl (C=O) groups excluding carboxylic acids is 2. The molecular weight excluding hydrogens is 187 g/mol. The first kappa shape index (κ1) is 10.4. The first-order chi connectivity index (χ1) is 6.60. The van der Waals surface area contributed by atoms with Crippen molar-refractivity contribution in [2.24, 2.45) is 0 Å². The normalized spacial score (nSPS) is 9.64. The van der Waals surface area contributed by atoms with Crippen molar-refractivity contribution < 1.29 is 18.7 Å². The number of halogens is 1. The number of carbonyl (C=O) groups is 2. The molecule has 0 bridgehead atoms. The molecule has 0 N–H and O–H groups in total. The molecule has 0 radical (unpaired) electrons. The number of ether oxygens (including phenoxy) is 1. The molecule has 1 rings (SSSR count). The van der Waals surface area contributed by atoms with E-state index < -0.39 is 5.82 Å². The third kappa shape index (κ3) is 1.79. The van der Waals surface area contributed by atoms with Gasteiger partial charge >= 0.3 is 0 Å². The van der Waals surface area contributed by atoms with Crippen LogP contribution >= 0.6 is 0 Å². The van der Waals surface area contributed by atoms with Gasteiger partial charge in [0.15, 0.2) is 23.6 Å². The van der Waals surface area contributed by atoms with Crippen LogP contribution in [-0.4, -0.2) is 19.2 Å². The summed E-state index contributed by atoms with van der Waals surface area (Å²) in [5.74, 6) is -1.05. The Balaban J connectivity index is 3.38. The molecule has 0 spiro atoms. The quantitative estimate of drug-likeness (QED) is 0.547. The van der Waals surface area contributed by atoms with Gasteiger partial charge in [-0.15, -0.1) is 0 Å². The van der Waals surface area contributed by atoms with E-state index in [0.717, 1.165) is 6.07 Å². The number of aldehydes is 1. The minimum atomic E-state index is -0.650. The molecule has 0 aliphatic carbocycles. The average molecular weight is 196 g/mol. The Kier molecular flexibility index (Phi) is 2.96. The van der Waals surface area contributed by atoms with Crippen molar-refractivity contribution in [1.82, 2.24) is 0 Å². The fraction of sp³-hybridized carbons (Fsp3) is 0.200. The van der Waals surface area contributed by atoms with Crippen LogP contribution in [0.1, 0.15) is 27.6 Å². The van der Waals surface area contributed by atoms with Crippen LogP contribution in [0.15, 0.2) is 12.1 Å². The fourth-order valence-electron chi connectivity index (χ4n) is 1.13. The van der Waals surface area contributed by atoms with Crippen LogP contribution in [0.4, 0.5) is 4.39 Å². The van der Waals surface area contributed by atoms with Crippen LogP contribution in [0.3, 0.4) is 0 Å². The van der Waals surface area contributed by atoms with E-state index >= 15 is 0 Å². The number of rotatable bonds is 3. The molecule has 14 heavy (non-hydrogen) atoms. The van der Waals surface area contributed by atoms with Gasteiger partial charge in [0.25, 0.3) is 0 Å². The number of benzene rings is 1. The molecule has 0 aromatic heterocycles. The van der Waals surface area contributed by atoms with Crippen LogP contribution < -0.4 is 4.74 Å². The third-order valence-corrected chi connectivity index (χ3v) is 1.83. The molecule has 0 saturated carbocycles. The summed E-state index contributed by atoms with van der Waals surface area (Å²) in [6.07, 6.45) is 0.499. The largest absolute Gasteiger partial charge is 0.494 e. The lowest BCUT2D eigenvalue weighted by Crippen LogP contribution is -2.01. The number of hydrogen-bond acceptors (Lipinski definition) is 3. The van der Waals surface area contributed by atoms with E-state index in [1.54, 1.807) is 0 Å². The smallest absolute Gasteiger partial charge is 0.165 e. The number of hydrogen-bond donors (Lipinski definition) is 0. The zero-order valence-electron chi connectivity index (χ0n) is 7.83. The Morgan fingerprint density at radius 2 is 2.14 bits per heavy atom. The van der Waals surface area contributed by atoms with Gasteiger partial charge in [-0.05, 0) is 19.1 Å². The highest BCUT2D eigenvalue weighted by atomic mass is 19.1. The molecule has 0 amide bonds. The lowest BCUT2D eigenvalue weighted by Gasteiger charge is -2.05. The molecule has 1 aromatic rings. The third-order valence-electron chi connectivity index (χ3n) is 1.83. The van der Waals surface area contributed by atoms with Crippen molar-refractivity contribution in [2.45, 2.75) is 6.92 Å². The molecule has 4 heteroatoms. The summed E-state index contributed by atoms with van der Waals surface area (Å²) in [5.41, 5.74) is 0.203. The zero-order chi connectivity index (χ0) is 10.7. The van der Waals surface area contributed by atoms with Gasteiger partial charge in [-0.3, -0.25) is 9.59 Å². The van der Waals surface area contributed by atoms with Crippen molar-refractivity contribution in [1.29, 1.82) is 0 Å². The van der Waals surface area contributed by atoms with E-state index in [2.05, 4.69) is 4.74 Å². The molecule has 0 aliphatic heterocycles. The molecule has 0 heterocycles. The number of Topliss-reactive ketones (excluding diaryl/α,β-unsaturated/α-hetero) is 1. The predicted octanol–water partition coefficient (Wildman–Crippen LogP) is 1.85.